The summed E-state index contributed by atoms with van der Waals surface area (Å²) >= 11 is 6.05. The van der Waals surface area contributed by atoms with Gasteiger partial charge in [-0.3, -0.25) is 4.98 Å². The van der Waals surface area contributed by atoms with Crippen LogP contribution in [0.5, 0.6) is 0 Å². The van der Waals surface area contributed by atoms with Gasteiger partial charge in [-0.25, -0.2) is 0 Å². The molecule has 0 fully saturated rings. The molecule has 1 heterocycles. The Kier molecular flexibility index (Phi) is 8.65. The molecule has 0 aliphatic heterocycles. The van der Waals surface area contributed by atoms with Crippen LogP contribution in [0.4, 0.5) is 5.69 Å². The van der Waals surface area contributed by atoms with E-state index in [1.54, 1.807) is 0 Å². The van der Waals surface area contributed by atoms with Gasteiger partial charge in [0.15, 0.2) is 0 Å². The molecule has 26 heavy (non-hydrogen) atoms. The Labute approximate surface area is 172 Å². The van der Waals surface area contributed by atoms with Crippen LogP contribution in [0.25, 0.3) is 10.9 Å². The Morgan fingerprint density at radius 2 is 1.73 bits per heavy atom. The molecule has 0 bridgehead atoms. The first-order valence-electron chi connectivity index (χ1n) is 8.11. The van der Waals surface area contributed by atoms with E-state index in [4.69, 9.17) is 11.6 Å². The molecule has 0 spiro atoms. The lowest BCUT2D eigenvalue weighted by molar-refractivity contribution is 0.407. The number of halogens is 3. The number of fused-ring (bicyclic) bond motifs is 1. The summed E-state index contributed by atoms with van der Waals surface area (Å²) in [7, 11) is 0. The van der Waals surface area contributed by atoms with Gasteiger partial charge in [-0.1, -0.05) is 41.9 Å². The largest absolute Gasteiger partial charge is 0.383 e. The van der Waals surface area contributed by atoms with E-state index in [1.807, 2.05) is 36.5 Å². The molecule has 3 nitrogen and oxygen atoms in total. The molecular weight excluding hydrogens is 389 g/mol. The van der Waals surface area contributed by atoms with Crippen LogP contribution in [0.3, 0.4) is 0 Å². The second kappa shape index (κ2) is 9.98. The fourth-order valence-electron chi connectivity index (χ4n) is 2.59. The summed E-state index contributed by atoms with van der Waals surface area (Å²) < 4.78 is 0. The fourth-order valence-corrected chi connectivity index (χ4v) is 2.76. The van der Waals surface area contributed by atoms with Crippen molar-refractivity contribution < 1.29 is 0 Å². The van der Waals surface area contributed by atoms with Crippen LogP contribution in [0, 0.1) is 0 Å². The minimum atomic E-state index is -0.0438. The highest BCUT2D eigenvalue weighted by Gasteiger charge is 2.17. The normalized spacial score (nSPS) is 10.7. The monoisotopic (exact) mass is 411 g/mol. The third kappa shape index (κ3) is 6.03. The van der Waals surface area contributed by atoms with Crippen molar-refractivity contribution in [1.29, 1.82) is 0 Å². The van der Waals surface area contributed by atoms with E-state index in [2.05, 4.69) is 53.7 Å². The van der Waals surface area contributed by atoms with Crippen molar-refractivity contribution in [2.45, 2.75) is 25.9 Å². The van der Waals surface area contributed by atoms with Crippen LogP contribution in [-0.4, -0.2) is 17.1 Å². The Morgan fingerprint density at radius 3 is 2.46 bits per heavy atom. The van der Waals surface area contributed by atoms with Crippen molar-refractivity contribution in [1.82, 2.24) is 10.3 Å². The van der Waals surface area contributed by atoms with Gasteiger partial charge in [0.25, 0.3) is 0 Å². The van der Waals surface area contributed by atoms with Crippen molar-refractivity contribution in [3.05, 3.63) is 71.4 Å². The van der Waals surface area contributed by atoms with Crippen LogP contribution < -0.4 is 10.6 Å². The molecule has 3 aromatic rings. The first kappa shape index (κ1) is 22.5. The van der Waals surface area contributed by atoms with Crippen LogP contribution in [-0.2, 0) is 6.54 Å². The minimum absolute atomic E-state index is 0. The van der Waals surface area contributed by atoms with Gasteiger partial charge in [-0.05, 0) is 43.7 Å². The third-order valence-electron chi connectivity index (χ3n) is 4.04. The average molecular weight is 413 g/mol. The van der Waals surface area contributed by atoms with Crippen LogP contribution >= 0.6 is 36.4 Å². The van der Waals surface area contributed by atoms with E-state index in [0.717, 1.165) is 29.7 Å². The summed E-state index contributed by atoms with van der Waals surface area (Å²) in [6.45, 7) is 6.05. The fraction of sp³-hybridized carbons (Fsp3) is 0.250. The number of pyridine rings is 1. The molecule has 6 heteroatoms. The summed E-state index contributed by atoms with van der Waals surface area (Å²) in [6.07, 6.45) is 1.81. The smallest absolute Gasteiger partial charge is 0.0737 e. The molecule has 0 saturated carbocycles. The van der Waals surface area contributed by atoms with Crippen LogP contribution in [0.15, 0.2) is 60.8 Å². The molecule has 1 aromatic heterocycles. The second-order valence-electron chi connectivity index (χ2n) is 6.60. The topological polar surface area (TPSA) is 37.0 Å². The summed E-state index contributed by atoms with van der Waals surface area (Å²) in [5.74, 6) is 0. The number of aromatic nitrogens is 1. The molecule has 0 aliphatic rings. The lowest BCUT2D eigenvalue weighted by atomic mass is 10.0. The summed E-state index contributed by atoms with van der Waals surface area (Å²) in [4.78, 5) is 4.38. The van der Waals surface area contributed by atoms with Crippen molar-refractivity contribution in [3.8, 4) is 0 Å². The second-order valence-corrected chi connectivity index (χ2v) is 7.03. The highest BCUT2D eigenvalue weighted by atomic mass is 35.5. The molecule has 0 atom stereocenters. The molecule has 2 aromatic carbocycles. The van der Waals surface area contributed by atoms with Crippen molar-refractivity contribution >= 4 is 53.0 Å². The predicted molar refractivity (Wildman–Crippen MR) is 117 cm³/mol. The van der Waals surface area contributed by atoms with E-state index in [9.17, 15) is 0 Å². The van der Waals surface area contributed by atoms with Crippen LogP contribution in [0.2, 0.25) is 5.02 Å². The van der Waals surface area contributed by atoms with Crippen molar-refractivity contribution in [3.63, 3.8) is 0 Å². The zero-order chi connectivity index (χ0) is 17.0. The zero-order valence-electron chi connectivity index (χ0n) is 14.8. The van der Waals surface area contributed by atoms with Crippen molar-refractivity contribution in [2.75, 3.05) is 11.9 Å². The standard InChI is InChI=1S/C20H22ClN3.2ClH/c1-20(2,24-13-15-6-4-3-5-7-15)14-23-18-10-11-22-19-12-16(21)8-9-17(18)19;;/h3-12,24H,13-14H2,1-2H3,(H,22,23);2*1H. The number of hydrogen-bond donors (Lipinski definition) is 2. The van der Waals surface area contributed by atoms with Gasteiger partial charge in [0.05, 0.1) is 5.52 Å². The van der Waals surface area contributed by atoms with Crippen LogP contribution in [0.1, 0.15) is 19.4 Å². The number of hydrogen-bond acceptors (Lipinski definition) is 3. The molecular formula is C20H24Cl3N3. The first-order chi connectivity index (χ1) is 11.5. The van der Waals surface area contributed by atoms with E-state index in [0.29, 0.717) is 5.02 Å². The van der Waals surface area contributed by atoms with Gasteiger partial charge in [0.2, 0.25) is 0 Å². The Balaban J connectivity index is 0.00000169. The van der Waals surface area contributed by atoms with Gasteiger partial charge in [-0.2, -0.15) is 0 Å². The Hall–Kier alpha value is -1.52. The number of nitrogens with one attached hydrogen (secondary N) is 2. The highest BCUT2D eigenvalue weighted by Crippen LogP contribution is 2.24. The molecule has 0 aliphatic carbocycles. The van der Waals surface area contributed by atoms with Crippen molar-refractivity contribution in [2.24, 2.45) is 0 Å². The maximum Gasteiger partial charge on any atom is 0.0737 e. The SMILES string of the molecule is CC(C)(CNc1ccnc2cc(Cl)ccc12)NCc1ccccc1.Cl.Cl. The quantitative estimate of drug-likeness (QED) is 0.544. The maximum absolute atomic E-state index is 6.05. The highest BCUT2D eigenvalue weighted by molar-refractivity contribution is 6.31. The number of anilines is 1. The van der Waals surface area contributed by atoms with Gasteiger partial charge in [0, 0.05) is 40.9 Å². The number of nitrogens with zero attached hydrogens (tertiary/aromatic N) is 1. The van der Waals surface area contributed by atoms with Gasteiger partial charge in [-0.15, -0.1) is 24.8 Å². The summed E-state index contributed by atoms with van der Waals surface area (Å²) in [5, 5.41) is 8.93. The molecule has 0 unspecified atom stereocenters. The third-order valence-corrected chi connectivity index (χ3v) is 4.27. The minimum Gasteiger partial charge on any atom is -0.383 e. The van der Waals surface area contributed by atoms with E-state index < -0.39 is 0 Å². The van der Waals surface area contributed by atoms with E-state index in [-0.39, 0.29) is 30.4 Å². The van der Waals surface area contributed by atoms with E-state index >= 15 is 0 Å². The number of rotatable bonds is 6. The Bertz CT molecular complexity index is 823. The Morgan fingerprint density at radius 1 is 1.00 bits per heavy atom. The van der Waals surface area contributed by atoms with Gasteiger partial charge in [0.1, 0.15) is 0 Å². The van der Waals surface area contributed by atoms with Gasteiger partial charge < -0.3 is 10.6 Å². The lowest BCUT2D eigenvalue weighted by Gasteiger charge is -2.27. The predicted octanol–water partition coefficient (Wildman–Crippen LogP) is 5.71. The molecule has 0 amide bonds. The maximum atomic E-state index is 6.05. The molecule has 2 N–H and O–H groups in total. The molecule has 140 valence electrons. The zero-order valence-corrected chi connectivity index (χ0v) is 17.2. The first-order valence-corrected chi connectivity index (χ1v) is 8.48. The average Bonchev–Trinajstić information content (AvgIpc) is 2.59. The lowest BCUT2D eigenvalue weighted by Crippen LogP contribution is -2.44. The van der Waals surface area contributed by atoms with E-state index in [1.165, 1.54) is 5.56 Å². The van der Waals surface area contributed by atoms with Gasteiger partial charge >= 0.3 is 0 Å². The molecule has 0 saturated heterocycles. The molecule has 0 radical (unpaired) electrons. The molecule has 3 rings (SSSR count). The number of benzene rings is 2. The summed E-state index contributed by atoms with van der Waals surface area (Å²) in [5.41, 5.74) is 3.22. The summed E-state index contributed by atoms with van der Waals surface area (Å²) in [6, 6.07) is 18.2.